The molecule has 0 radical (unpaired) electrons. The van der Waals surface area contributed by atoms with Crippen molar-refractivity contribution in [3.63, 3.8) is 0 Å². The maximum absolute atomic E-state index is 2.88. The molecule has 0 amide bonds. The van der Waals surface area contributed by atoms with Crippen molar-refractivity contribution in [1.29, 1.82) is 0 Å². The molecule has 0 aliphatic heterocycles. The first-order valence-corrected chi connectivity index (χ1v) is 1.91. The van der Waals surface area contributed by atoms with Gasteiger partial charge in [-0.15, -0.1) is 6.20 Å². The summed E-state index contributed by atoms with van der Waals surface area (Å²) in [4.78, 5) is 2.80. The second-order valence-electron chi connectivity index (χ2n) is 1.29. The Balaban J connectivity index is -0.000000120. The van der Waals surface area contributed by atoms with Gasteiger partial charge < -0.3 is 14.4 Å². The van der Waals surface area contributed by atoms with Crippen LogP contribution in [-0.4, -0.2) is 4.98 Å². The number of nitrogens with one attached hydrogen (secondary N) is 1. The van der Waals surface area contributed by atoms with Gasteiger partial charge in [-0.2, -0.15) is 17.8 Å². The van der Waals surface area contributed by atoms with Crippen LogP contribution in [0.2, 0.25) is 0 Å². The van der Waals surface area contributed by atoms with E-state index < -0.39 is 0 Å². The van der Waals surface area contributed by atoms with Crippen molar-refractivity contribution in [1.82, 2.24) is 4.98 Å². The smallest absolute Gasteiger partial charge is 1.00 e. The number of hydrogen-bond donors (Lipinski definition) is 1. The molecule has 1 nitrogen and oxygen atoms in total. The monoisotopic (exact) mass is 310 g/mol. The van der Waals surface area contributed by atoms with Gasteiger partial charge in [-0.25, -0.2) is 0 Å². The van der Waals surface area contributed by atoms with E-state index in [4.69, 9.17) is 0 Å². The molecule has 0 bridgehead atoms. The Kier molecular flexibility index (Phi) is 13.7. The Hall–Kier alpha value is -0.224. The number of rotatable bonds is 0. The van der Waals surface area contributed by atoms with Gasteiger partial charge in [0.2, 0.25) is 0 Å². The SMILES string of the molecule is Cc1[c-][nH]cc1.[F-].[F-].[Os+2]. The van der Waals surface area contributed by atoms with E-state index in [0.717, 1.165) is 5.56 Å². The molecule has 1 heterocycles. The Morgan fingerprint density at radius 3 is 2.11 bits per heavy atom. The molecule has 9 heavy (non-hydrogen) atoms. The van der Waals surface area contributed by atoms with Crippen LogP contribution in [0.5, 0.6) is 0 Å². The molecule has 0 aromatic carbocycles. The summed E-state index contributed by atoms with van der Waals surface area (Å²) in [5, 5.41) is 0. The van der Waals surface area contributed by atoms with Crippen molar-refractivity contribution in [2.24, 2.45) is 0 Å². The van der Waals surface area contributed by atoms with Gasteiger partial charge in [0.05, 0.1) is 0 Å². The number of aromatic nitrogens is 1. The molecular formula is C5H6F2NOs-. The zero-order valence-electron chi connectivity index (χ0n) is 4.76. The Labute approximate surface area is 65.6 Å². The Morgan fingerprint density at radius 2 is 2.00 bits per heavy atom. The summed E-state index contributed by atoms with van der Waals surface area (Å²) < 4.78 is 0. The summed E-state index contributed by atoms with van der Waals surface area (Å²) in [6, 6.07) is 1.97. The van der Waals surface area contributed by atoms with E-state index in [0.29, 0.717) is 0 Å². The molecule has 0 saturated carbocycles. The van der Waals surface area contributed by atoms with E-state index in [1.54, 1.807) is 0 Å². The van der Waals surface area contributed by atoms with Gasteiger partial charge in [-0.3, -0.25) is 0 Å². The normalized spacial score (nSPS) is 5.89. The summed E-state index contributed by atoms with van der Waals surface area (Å²) in [5.74, 6) is 0. The minimum atomic E-state index is 0. The van der Waals surface area contributed by atoms with Crippen LogP contribution in [0.3, 0.4) is 0 Å². The van der Waals surface area contributed by atoms with Gasteiger partial charge in [0.25, 0.3) is 0 Å². The number of halogens is 2. The van der Waals surface area contributed by atoms with E-state index in [1.165, 1.54) is 0 Å². The number of H-pyrrole nitrogens is 1. The average molecular weight is 308 g/mol. The molecule has 1 aromatic rings. The Morgan fingerprint density at radius 1 is 1.44 bits per heavy atom. The first-order valence-electron chi connectivity index (χ1n) is 1.91. The standard InChI is InChI=1S/C5H6N.2FH.Os/c1-5-2-3-6-4-5;;;/h2-3,6H,1H3;2*1H;/q-1;;;+2/p-2. The summed E-state index contributed by atoms with van der Waals surface area (Å²) in [7, 11) is 0. The first-order chi connectivity index (χ1) is 2.89. The summed E-state index contributed by atoms with van der Waals surface area (Å²) >= 11 is 0. The molecule has 1 rings (SSSR count). The Bertz CT molecular complexity index is 119. The molecule has 0 spiro atoms. The van der Waals surface area contributed by atoms with Gasteiger partial charge in [0.15, 0.2) is 0 Å². The molecule has 54 valence electrons. The summed E-state index contributed by atoms with van der Waals surface area (Å²) in [6.07, 6.45) is 4.73. The van der Waals surface area contributed by atoms with Crippen molar-refractivity contribution >= 4 is 0 Å². The number of hydrogen-bond acceptors (Lipinski definition) is 0. The van der Waals surface area contributed by atoms with Gasteiger partial charge in [-0.05, 0) is 0 Å². The van der Waals surface area contributed by atoms with Crippen molar-refractivity contribution in [2.75, 3.05) is 0 Å². The van der Waals surface area contributed by atoms with E-state index in [1.807, 2.05) is 19.2 Å². The molecule has 0 fully saturated rings. The second kappa shape index (κ2) is 7.78. The molecule has 0 aliphatic rings. The van der Waals surface area contributed by atoms with Crippen LogP contribution < -0.4 is 9.41 Å². The average Bonchev–Trinajstić information content (AvgIpc) is 1.86. The first kappa shape index (κ1) is 15.9. The van der Waals surface area contributed by atoms with E-state index in [-0.39, 0.29) is 29.2 Å². The fourth-order valence-corrected chi connectivity index (χ4v) is 0.364. The van der Waals surface area contributed by atoms with Crippen LogP contribution in [0, 0.1) is 13.1 Å². The van der Waals surface area contributed by atoms with Crippen LogP contribution in [-0.2, 0) is 19.8 Å². The molecule has 0 saturated heterocycles. The van der Waals surface area contributed by atoms with Gasteiger partial charge >= 0.3 is 19.8 Å². The predicted octanol–water partition coefficient (Wildman–Crippen LogP) is -4.87. The van der Waals surface area contributed by atoms with Crippen LogP contribution in [0.25, 0.3) is 0 Å². The molecule has 1 N–H and O–H groups in total. The third-order valence-corrected chi connectivity index (χ3v) is 0.686. The minimum Gasteiger partial charge on any atom is -1.00 e. The topological polar surface area (TPSA) is 15.8 Å². The van der Waals surface area contributed by atoms with Gasteiger partial charge in [-0.1, -0.05) is 6.92 Å². The third kappa shape index (κ3) is 5.65. The fraction of sp³-hybridized carbons (Fsp3) is 0.200. The van der Waals surface area contributed by atoms with E-state index in [9.17, 15) is 0 Å². The number of aromatic amines is 1. The van der Waals surface area contributed by atoms with Crippen molar-refractivity contribution < 1.29 is 29.2 Å². The zero-order chi connectivity index (χ0) is 4.41. The molecule has 0 atom stereocenters. The van der Waals surface area contributed by atoms with Crippen molar-refractivity contribution in [3.8, 4) is 0 Å². The van der Waals surface area contributed by atoms with Crippen LogP contribution in [0.4, 0.5) is 0 Å². The maximum atomic E-state index is 2.88. The van der Waals surface area contributed by atoms with Gasteiger partial charge in [0.1, 0.15) is 0 Å². The quantitative estimate of drug-likeness (QED) is 0.463. The van der Waals surface area contributed by atoms with E-state index >= 15 is 0 Å². The van der Waals surface area contributed by atoms with Crippen molar-refractivity contribution in [3.05, 3.63) is 24.0 Å². The summed E-state index contributed by atoms with van der Waals surface area (Å²) in [5.41, 5.74) is 1.16. The number of aryl methyl sites for hydroxylation is 1. The fourth-order valence-electron chi connectivity index (χ4n) is 0.364. The van der Waals surface area contributed by atoms with Crippen LogP contribution >= 0.6 is 0 Å². The van der Waals surface area contributed by atoms with E-state index in [2.05, 4.69) is 11.2 Å². The summed E-state index contributed by atoms with van der Waals surface area (Å²) in [6.45, 7) is 2.00. The molecular weight excluding hydrogens is 302 g/mol. The molecule has 0 aliphatic carbocycles. The maximum Gasteiger partial charge on any atom is 2.00 e. The molecule has 0 unspecified atom stereocenters. The van der Waals surface area contributed by atoms with Crippen LogP contribution in [0.15, 0.2) is 12.3 Å². The van der Waals surface area contributed by atoms with Gasteiger partial charge in [0, 0.05) is 0 Å². The second-order valence-corrected chi connectivity index (χ2v) is 1.29. The molecule has 4 heteroatoms. The largest absolute Gasteiger partial charge is 2.00 e. The third-order valence-electron chi connectivity index (χ3n) is 0.686. The minimum absolute atomic E-state index is 0. The van der Waals surface area contributed by atoms with Crippen LogP contribution in [0.1, 0.15) is 5.56 Å². The predicted molar refractivity (Wildman–Crippen MR) is 24.4 cm³/mol. The zero-order valence-corrected chi connectivity index (χ0v) is 7.30. The van der Waals surface area contributed by atoms with Crippen molar-refractivity contribution in [2.45, 2.75) is 6.92 Å². The molecule has 1 aromatic heterocycles.